The molecule has 0 atom stereocenters. The first-order valence-electron chi connectivity index (χ1n) is 13.0. The van der Waals surface area contributed by atoms with Crippen LogP contribution in [0.4, 0.5) is 16.0 Å². The Morgan fingerprint density at radius 2 is 1.80 bits per heavy atom. The quantitative estimate of drug-likeness (QED) is 0.248. The maximum Gasteiger partial charge on any atom is 0.273 e. The first-order valence-corrected chi connectivity index (χ1v) is 13.0. The summed E-state index contributed by atoms with van der Waals surface area (Å²) in [4.78, 5) is 37.7. The molecule has 9 nitrogen and oxygen atoms in total. The van der Waals surface area contributed by atoms with E-state index in [1.807, 2.05) is 12.1 Å². The van der Waals surface area contributed by atoms with Crippen molar-refractivity contribution in [2.24, 2.45) is 0 Å². The van der Waals surface area contributed by atoms with E-state index in [1.54, 1.807) is 36.1 Å². The maximum atomic E-state index is 14.0. The summed E-state index contributed by atoms with van der Waals surface area (Å²) in [6, 6.07) is 18.6. The van der Waals surface area contributed by atoms with E-state index in [2.05, 4.69) is 17.0 Å². The zero-order valence-electron chi connectivity index (χ0n) is 21.8. The van der Waals surface area contributed by atoms with E-state index >= 15 is 0 Å². The Hall–Kier alpha value is -4.86. The van der Waals surface area contributed by atoms with Crippen molar-refractivity contribution in [3.8, 4) is 11.6 Å². The smallest absolute Gasteiger partial charge is 0.273 e. The van der Waals surface area contributed by atoms with E-state index in [4.69, 9.17) is 14.7 Å². The fraction of sp³-hybridized carbons (Fsp3) is 0.233. The molecular weight excluding hydrogens is 513 g/mol. The number of nitro groups is 1. The van der Waals surface area contributed by atoms with Gasteiger partial charge in [-0.3, -0.25) is 14.9 Å². The van der Waals surface area contributed by atoms with Crippen LogP contribution < -0.4 is 9.64 Å². The first kappa shape index (κ1) is 25.4. The zero-order valence-corrected chi connectivity index (χ0v) is 21.8. The highest BCUT2D eigenvalue weighted by Crippen LogP contribution is 2.33. The Bertz CT molecular complexity index is 1640. The summed E-state index contributed by atoms with van der Waals surface area (Å²) in [6.07, 6.45) is 1.32. The molecule has 0 radical (unpaired) electrons. The molecule has 0 aliphatic carbocycles. The number of benzene rings is 3. The van der Waals surface area contributed by atoms with E-state index in [9.17, 15) is 19.3 Å². The number of aromatic nitrogens is 2. The molecular formula is C30H26FN5O4. The topological polar surface area (TPSA) is 102 Å². The number of aryl methyl sites for hydroxylation is 1. The number of ether oxygens (including phenoxy) is 1. The van der Waals surface area contributed by atoms with Crippen molar-refractivity contribution >= 4 is 17.5 Å². The summed E-state index contributed by atoms with van der Waals surface area (Å²) in [7, 11) is 0. The second kappa shape index (κ2) is 10.4. The van der Waals surface area contributed by atoms with Crippen LogP contribution in [-0.2, 0) is 25.9 Å². The minimum absolute atomic E-state index is 0.102. The predicted molar refractivity (Wildman–Crippen MR) is 146 cm³/mol. The van der Waals surface area contributed by atoms with Crippen LogP contribution in [0, 0.1) is 22.9 Å². The highest BCUT2D eigenvalue weighted by molar-refractivity contribution is 5.95. The van der Waals surface area contributed by atoms with E-state index < -0.39 is 10.7 Å². The molecule has 0 saturated carbocycles. The highest BCUT2D eigenvalue weighted by Gasteiger charge is 2.30. The van der Waals surface area contributed by atoms with Crippen LogP contribution in [0.3, 0.4) is 0 Å². The fourth-order valence-corrected chi connectivity index (χ4v) is 5.20. The second-order valence-electron chi connectivity index (χ2n) is 9.99. The van der Waals surface area contributed by atoms with Gasteiger partial charge in [0.05, 0.1) is 22.7 Å². The lowest BCUT2D eigenvalue weighted by molar-refractivity contribution is -0.385. The molecule has 6 rings (SSSR count). The van der Waals surface area contributed by atoms with Gasteiger partial charge in [0.2, 0.25) is 11.8 Å². The Morgan fingerprint density at radius 3 is 2.60 bits per heavy atom. The molecule has 0 bridgehead atoms. The molecule has 0 fully saturated rings. The first-order chi connectivity index (χ1) is 19.4. The minimum atomic E-state index is -0.489. The fourth-order valence-electron chi connectivity index (χ4n) is 5.20. The molecule has 0 spiro atoms. The van der Waals surface area contributed by atoms with Crippen LogP contribution in [0.15, 0.2) is 66.7 Å². The van der Waals surface area contributed by atoms with Gasteiger partial charge in [-0.1, -0.05) is 36.4 Å². The van der Waals surface area contributed by atoms with Gasteiger partial charge in [0, 0.05) is 49.3 Å². The van der Waals surface area contributed by atoms with Gasteiger partial charge in [-0.05, 0) is 42.7 Å². The highest BCUT2D eigenvalue weighted by atomic mass is 19.1. The SMILES string of the molecule is Cc1ccc(C(=O)N2CCc3nc(N4CCc5ccccc5C4)nc(Oc4cccc(F)c4)c3C2)cc1[N+](=O)[O-]. The van der Waals surface area contributed by atoms with Crippen LogP contribution in [-0.4, -0.2) is 38.8 Å². The molecule has 202 valence electrons. The largest absolute Gasteiger partial charge is 0.438 e. The average Bonchev–Trinajstić information content (AvgIpc) is 2.96. The molecule has 2 aliphatic heterocycles. The molecule has 1 amide bonds. The molecule has 1 aromatic heterocycles. The lowest BCUT2D eigenvalue weighted by Crippen LogP contribution is -2.38. The molecule has 40 heavy (non-hydrogen) atoms. The number of amides is 1. The summed E-state index contributed by atoms with van der Waals surface area (Å²) in [5.41, 5.74) is 4.52. The number of carbonyl (C=O) groups is 1. The third kappa shape index (κ3) is 4.95. The number of fused-ring (bicyclic) bond motifs is 2. The maximum absolute atomic E-state index is 14.0. The molecule has 4 aromatic rings. The van der Waals surface area contributed by atoms with Crippen LogP contribution in [0.2, 0.25) is 0 Å². The van der Waals surface area contributed by atoms with Gasteiger partial charge in [-0.25, -0.2) is 9.37 Å². The molecule has 3 heterocycles. The summed E-state index contributed by atoms with van der Waals surface area (Å²) < 4.78 is 20.1. The van der Waals surface area contributed by atoms with Crippen LogP contribution in [0.1, 0.15) is 38.3 Å². The Kier molecular flexibility index (Phi) is 6.59. The normalized spacial score (nSPS) is 14.3. The second-order valence-corrected chi connectivity index (χ2v) is 9.99. The molecule has 0 unspecified atom stereocenters. The van der Waals surface area contributed by atoms with Gasteiger partial charge in [0.1, 0.15) is 11.6 Å². The molecule has 3 aromatic carbocycles. The monoisotopic (exact) mass is 539 g/mol. The van der Waals surface area contributed by atoms with Gasteiger partial charge in [-0.15, -0.1) is 0 Å². The minimum Gasteiger partial charge on any atom is -0.438 e. The van der Waals surface area contributed by atoms with E-state index in [-0.39, 0.29) is 35.3 Å². The lowest BCUT2D eigenvalue weighted by atomic mass is 10.0. The number of halogens is 1. The lowest BCUT2D eigenvalue weighted by Gasteiger charge is -2.32. The Morgan fingerprint density at radius 1 is 0.975 bits per heavy atom. The number of hydrogen-bond acceptors (Lipinski definition) is 7. The van der Waals surface area contributed by atoms with Crippen LogP contribution in [0.25, 0.3) is 0 Å². The zero-order chi connectivity index (χ0) is 27.8. The Labute approximate surface area is 230 Å². The Balaban J connectivity index is 1.34. The predicted octanol–water partition coefficient (Wildman–Crippen LogP) is 5.39. The summed E-state index contributed by atoms with van der Waals surface area (Å²) in [5.74, 6) is 0.298. The summed E-state index contributed by atoms with van der Waals surface area (Å²) >= 11 is 0. The number of anilines is 1. The number of hydrogen-bond donors (Lipinski definition) is 0. The van der Waals surface area contributed by atoms with E-state index in [1.165, 1.54) is 29.3 Å². The molecule has 0 saturated heterocycles. The van der Waals surface area contributed by atoms with Crippen molar-refractivity contribution in [2.75, 3.05) is 18.0 Å². The van der Waals surface area contributed by atoms with Crippen molar-refractivity contribution in [1.82, 2.24) is 14.9 Å². The molecule has 0 N–H and O–H groups in total. The van der Waals surface area contributed by atoms with Gasteiger partial charge in [0.25, 0.3) is 11.6 Å². The third-order valence-electron chi connectivity index (χ3n) is 7.37. The number of carbonyl (C=O) groups excluding carboxylic acids is 1. The van der Waals surface area contributed by atoms with Crippen molar-refractivity contribution in [1.29, 1.82) is 0 Å². The van der Waals surface area contributed by atoms with Gasteiger partial charge in [-0.2, -0.15) is 4.98 Å². The third-order valence-corrected chi connectivity index (χ3v) is 7.37. The summed E-state index contributed by atoms with van der Waals surface area (Å²) in [6.45, 7) is 3.57. The number of nitrogens with zero attached hydrogens (tertiary/aromatic N) is 5. The van der Waals surface area contributed by atoms with Crippen molar-refractivity contribution in [2.45, 2.75) is 32.9 Å². The van der Waals surface area contributed by atoms with Crippen molar-refractivity contribution in [3.63, 3.8) is 0 Å². The summed E-state index contributed by atoms with van der Waals surface area (Å²) in [5, 5.41) is 11.4. The van der Waals surface area contributed by atoms with Gasteiger partial charge < -0.3 is 14.5 Å². The van der Waals surface area contributed by atoms with Gasteiger partial charge in [0.15, 0.2) is 0 Å². The van der Waals surface area contributed by atoms with Gasteiger partial charge >= 0.3 is 0 Å². The standard InChI is InChI=1S/C30H26FN5O4/c1-19-9-10-21(15-27(19)36(38)39)29(37)34-14-12-26-25(18-34)28(40-24-8-4-7-23(31)16-24)33-30(32-26)35-13-11-20-5-2-3-6-22(20)17-35/h2-10,15-16H,11-14,17-18H2,1H3. The van der Waals surface area contributed by atoms with Crippen molar-refractivity contribution in [3.05, 3.63) is 116 Å². The van der Waals surface area contributed by atoms with Crippen LogP contribution in [0.5, 0.6) is 11.6 Å². The average molecular weight is 540 g/mol. The van der Waals surface area contributed by atoms with E-state index in [0.717, 1.165) is 18.7 Å². The van der Waals surface area contributed by atoms with Crippen LogP contribution >= 0.6 is 0 Å². The van der Waals surface area contributed by atoms with Crippen molar-refractivity contribution < 1.29 is 18.8 Å². The van der Waals surface area contributed by atoms with E-state index in [0.29, 0.717) is 36.6 Å². The number of rotatable bonds is 5. The molecule has 10 heteroatoms. The number of nitro benzene ring substituents is 1. The molecule has 2 aliphatic rings.